The molecule has 0 heterocycles. The van der Waals surface area contributed by atoms with Crippen molar-refractivity contribution in [3.8, 4) is 0 Å². The van der Waals surface area contributed by atoms with Gasteiger partial charge in [-0.3, -0.25) is 13.9 Å². The van der Waals surface area contributed by atoms with Crippen molar-refractivity contribution >= 4 is 39.1 Å². The van der Waals surface area contributed by atoms with Crippen molar-refractivity contribution in [2.45, 2.75) is 30.8 Å². The third-order valence-corrected chi connectivity index (χ3v) is 8.84. The van der Waals surface area contributed by atoms with Crippen molar-refractivity contribution in [3.05, 3.63) is 131 Å². The molecule has 2 amide bonds. The molecule has 218 valence electrons. The lowest BCUT2D eigenvalue weighted by atomic mass is 10.0. The summed E-state index contributed by atoms with van der Waals surface area (Å²) < 4.78 is 42.7. The molecule has 42 heavy (non-hydrogen) atoms. The number of amides is 2. The maximum Gasteiger partial charge on any atom is 0.264 e. The smallest absolute Gasteiger partial charge is 0.264 e. The van der Waals surface area contributed by atoms with Crippen LogP contribution in [0.2, 0.25) is 5.02 Å². The Hall–Kier alpha value is -4.21. The topological polar surface area (TPSA) is 86.8 Å². The number of hydrogen-bond acceptors (Lipinski definition) is 4. The van der Waals surface area contributed by atoms with Gasteiger partial charge in [0.2, 0.25) is 11.8 Å². The second kappa shape index (κ2) is 13.6. The van der Waals surface area contributed by atoms with E-state index in [9.17, 15) is 22.4 Å². The standard InChI is InChI=1S/C32H31ClFN3O4S/c1-23-13-16-26(33)20-29(23)37(42(40,41)28-11-7-4-8-12-28)22-31(38)36(21-25-14-17-27(34)18-15-25)30(32(39)35-2)19-24-9-5-3-6-10-24/h3-18,20,30H,19,21-22H2,1-2H3,(H,35,39). The van der Waals surface area contributed by atoms with Crippen LogP contribution < -0.4 is 9.62 Å². The Morgan fingerprint density at radius 1 is 0.881 bits per heavy atom. The van der Waals surface area contributed by atoms with Gasteiger partial charge in [0.05, 0.1) is 10.6 Å². The summed E-state index contributed by atoms with van der Waals surface area (Å²) in [5.41, 5.74) is 2.20. The zero-order valence-electron chi connectivity index (χ0n) is 23.2. The van der Waals surface area contributed by atoms with Crippen LogP contribution in [0.3, 0.4) is 0 Å². The van der Waals surface area contributed by atoms with Gasteiger partial charge in [-0.05, 0) is 60.0 Å². The van der Waals surface area contributed by atoms with Crippen LogP contribution in [0, 0.1) is 12.7 Å². The summed E-state index contributed by atoms with van der Waals surface area (Å²) in [6, 6.07) is 26.4. The first-order valence-corrected chi connectivity index (χ1v) is 15.1. The average molecular weight is 608 g/mol. The second-order valence-corrected chi connectivity index (χ2v) is 12.0. The predicted octanol–water partition coefficient (Wildman–Crippen LogP) is 5.37. The molecule has 0 aliphatic heterocycles. The molecule has 0 spiro atoms. The zero-order chi connectivity index (χ0) is 30.3. The molecule has 0 radical (unpaired) electrons. The van der Waals surface area contributed by atoms with Crippen LogP contribution in [0.4, 0.5) is 10.1 Å². The van der Waals surface area contributed by atoms with Gasteiger partial charge in [0.1, 0.15) is 18.4 Å². The molecule has 1 unspecified atom stereocenters. The fourth-order valence-electron chi connectivity index (χ4n) is 4.59. The molecular weight excluding hydrogens is 577 g/mol. The van der Waals surface area contributed by atoms with Crippen molar-refractivity contribution in [2.24, 2.45) is 0 Å². The van der Waals surface area contributed by atoms with Crippen LogP contribution in [0.5, 0.6) is 0 Å². The highest BCUT2D eigenvalue weighted by Crippen LogP contribution is 2.30. The van der Waals surface area contributed by atoms with E-state index in [-0.39, 0.29) is 23.5 Å². The Labute approximate surface area is 250 Å². The number of halogens is 2. The largest absolute Gasteiger partial charge is 0.357 e. The fourth-order valence-corrected chi connectivity index (χ4v) is 6.25. The highest BCUT2D eigenvalue weighted by molar-refractivity contribution is 7.92. The molecule has 0 bridgehead atoms. The summed E-state index contributed by atoms with van der Waals surface area (Å²) in [6.07, 6.45) is 0.176. The highest BCUT2D eigenvalue weighted by Gasteiger charge is 2.34. The minimum atomic E-state index is -4.23. The van der Waals surface area contributed by atoms with Gasteiger partial charge in [0, 0.05) is 25.0 Å². The molecule has 0 aromatic heterocycles. The van der Waals surface area contributed by atoms with Gasteiger partial charge < -0.3 is 10.2 Å². The Balaban J connectivity index is 1.81. The number of sulfonamides is 1. The van der Waals surface area contributed by atoms with Crippen LogP contribution in [0.1, 0.15) is 16.7 Å². The zero-order valence-corrected chi connectivity index (χ0v) is 24.8. The number of carbonyl (C=O) groups excluding carboxylic acids is 2. The van der Waals surface area contributed by atoms with Crippen molar-refractivity contribution in [1.29, 1.82) is 0 Å². The Morgan fingerprint density at radius 3 is 2.12 bits per heavy atom. The third kappa shape index (κ3) is 7.35. The van der Waals surface area contributed by atoms with Gasteiger partial charge in [-0.25, -0.2) is 12.8 Å². The van der Waals surface area contributed by atoms with Crippen LogP contribution in [0.15, 0.2) is 108 Å². The lowest BCUT2D eigenvalue weighted by Gasteiger charge is -2.34. The molecule has 1 N–H and O–H groups in total. The molecular formula is C32H31ClFN3O4S. The van der Waals surface area contributed by atoms with E-state index < -0.39 is 40.2 Å². The van der Waals surface area contributed by atoms with E-state index in [4.69, 9.17) is 11.6 Å². The second-order valence-electron chi connectivity index (χ2n) is 9.72. The molecule has 0 aliphatic carbocycles. The number of nitrogens with one attached hydrogen (secondary N) is 1. The average Bonchev–Trinajstić information content (AvgIpc) is 3.00. The first kappa shape index (κ1) is 30.7. The molecule has 10 heteroatoms. The Bertz CT molecular complexity index is 1640. The van der Waals surface area contributed by atoms with Crippen LogP contribution >= 0.6 is 11.6 Å². The molecule has 0 saturated heterocycles. The number of anilines is 1. The summed E-state index contributed by atoms with van der Waals surface area (Å²) in [5, 5.41) is 2.93. The number of carbonyl (C=O) groups is 2. The summed E-state index contributed by atoms with van der Waals surface area (Å²) in [4.78, 5) is 28.9. The summed E-state index contributed by atoms with van der Waals surface area (Å²) in [6.45, 7) is 1.06. The number of aryl methyl sites for hydroxylation is 1. The molecule has 7 nitrogen and oxygen atoms in total. The van der Waals surface area contributed by atoms with Crippen molar-refractivity contribution in [3.63, 3.8) is 0 Å². The summed E-state index contributed by atoms with van der Waals surface area (Å²) >= 11 is 6.28. The summed E-state index contributed by atoms with van der Waals surface area (Å²) in [5.74, 6) is -1.49. The Morgan fingerprint density at radius 2 is 1.50 bits per heavy atom. The number of benzene rings is 4. The normalized spacial score (nSPS) is 11.9. The van der Waals surface area contributed by atoms with Crippen molar-refractivity contribution < 1.29 is 22.4 Å². The Kier molecular flexibility index (Phi) is 9.98. The van der Waals surface area contributed by atoms with Crippen LogP contribution in [0.25, 0.3) is 0 Å². The van der Waals surface area contributed by atoms with Gasteiger partial charge in [0.25, 0.3) is 10.0 Å². The van der Waals surface area contributed by atoms with E-state index in [1.165, 1.54) is 54.4 Å². The fraction of sp³-hybridized carbons (Fsp3) is 0.188. The summed E-state index contributed by atoms with van der Waals surface area (Å²) in [7, 11) is -2.76. The molecule has 4 rings (SSSR count). The minimum absolute atomic E-state index is 0.00519. The van der Waals surface area contributed by atoms with E-state index in [0.717, 1.165) is 9.87 Å². The lowest BCUT2D eigenvalue weighted by Crippen LogP contribution is -2.53. The van der Waals surface area contributed by atoms with E-state index in [1.807, 2.05) is 30.3 Å². The highest BCUT2D eigenvalue weighted by atomic mass is 35.5. The number of hydrogen-bond donors (Lipinski definition) is 1. The molecule has 0 aliphatic rings. The van der Waals surface area contributed by atoms with Crippen molar-refractivity contribution in [1.82, 2.24) is 10.2 Å². The molecule has 1 atom stereocenters. The van der Waals surface area contributed by atoms with Gasteiger partial charge in [0.15, 0.2) is 0 Å². The monoisotopic (exact) mass is 607 g/mol. The van der Waals surface area contributed by atoms with Gasteiger partial charge in [-0.2, -0.15) is 0 Å². The third-order valence-electron chi connectivity index (χ3n) is 6.83. The molecule has 4 aromatic carbocycles. The number of likely N-dealkylation sites (N-methyl/N-ethyl adjacent to an activating group) is 1. The molecule has 4 aromatic rings. The van der Waals surface area contributed by atoms with Gasteiger partial charge in [-0.1, -0.05) is 78.3 Å². The molecule has 0 fully saturated rings. The molecule has 0 saturated carbocycles. The van der Waals surface area contributed by atoms with E-state index in [1.54, 1.807) is 37.3 Å². The van der Waals surface area contributed by atoms with Crippen LogP contribution in [-0.4, -0.2) is 44.8 Å². The lowest BCUT2D eigenvalue weighted by molar-refractivity contribution is -0.139. The maximum atomic E-state index is 14.3. The quantitative estimate of drug-likeness (QED) is 0.248. The first-order chi connectivity index (χ1) is 20.1. The van der Waals surface area contributed by atoms with E-state index >= 15 is 0 Å². The van der Waals surface area contributed by atoms with Gasteiger partial charge >= 0.3 is 0 Å². The SMILES string of the molecule is CNC(=O)C(Cc1ccccc1)N(Cc1ccc(F)cc1)C(=O)CN(c1cc(Cl)ccc1C)S(=O)(=O)c1ccccc1. The number of rotatable bonds is 11. The number of nitrogens with zero attached hydrogens (tertiary/aromatic N) is 2. The predicted molar refractivity (Wildman–Crippen MR) is 162 cm³/mol. The first-order valence-electron chi connectivity index (χ1n) is 13.2. The maximum absolute atomic E-state index is 14.3. The van der Waals surface area contributed by atoms with Crippen LogP contribution in [-0.2, 0) is 32.6 Å². The van der Waals surface area contributed by atoms with Crippen molar-refractivity contribution in [2.75, 3.05) is 17.9 Å². The van der Waals surface area contributed by atoms with E-state index in [2.05, 4.69) is 5.32 Å². The van der Waals surface area contributed by atoms with Gasteiger partial charge in [-0.15, -0.1) is 0 Å². The van der Waals surface area contributed by atoms with E-state index in [0.29, 0.717) is 16.1 Å². The minimum Gasteiger partial charge on any atom is -0.357 e.